The quantitative estimate of drug-likeness (QED) is 0.158. The number of rotatable bonds is 7. The number of nitrogens with zero attached hydrogens (tertiary/aromatic N) is 3. The minimum atomic E-state index is -0.552. The van der Waals surface area contributed by atoms with Gasteiger partial charge in [-0.3, -0.25) is 0 Å². The van der Waals surface area contributed by atoms with Crippen LogP contribution < -0.4 is 14.7 Å². The molecule has 65 heavy (non-hydrogen) atoms. The Kier molecular flexibility index (Phi) is 8.62. The van der Waals surface area contributed by atoms with Crippen LogP contribution in [0, 0.1) is 0 Å². The van der Waals surface area contributed by atoms with Crippen molar-refractivity contribution in [2.24, 2.45) is 0 Å². The normalized spacial score (nSPS) is 13.0. The first kappa shape index (κ1) is 37.4. The third kappa shape index (κ3) is 5.74. The van der Waals surface area contributed by atoms with Gasteiger partial charge in [-0.2, -0.15) is 0 Å². The molecule has 11 aromatic rings. The predicted octanol–water partition coefficient (Wildman–Crippen LogP) is 17.1. The number of hydrogen-bond acceptors (Lipinski definition) is 4. The van der Waals surface area contributed by atoms with Crippen LogP contribution in [-0.4, -0.2) is 0 Å². The van der Waals surface area contributed by atoms with Crippen molar-refractivity contribution in [1.82, 2.24) is 0 Å². The van der Waals surface area contributed by atoms with Crippen LogP contribution >= 0.6 is 11.3 Å². The van der Waals surface area contributed by atoms with Crippen LogP contribution in [0.2, 0.25) is 0 Å². The number of anilines is 9. The maximum atomic E-state index is 2.48. The Bertz CT molecular complexity index is 3480. The van der Waals surface area contributed by atoms with Gasteiger partial charge in [0.15, 0.2) is 0 Å². The molecule has 2 heterocycles. The fourth-order valence-electron chi connectivity index (χ4n) is 10.7. The van der Waals surface area contributed by atoms with Gasteiger partial charge < -0.3 is 14.7 Å². The summed E-state index contributed by atoms with van der Waals surface area (Å²) in [5, 5.41) is 2.53. The average molecular weight is 848 g/mol. The summed E-state index contributed by atoms with van der Waals surface area (Å²) < 4.78 is 2.51. The van der Waals surface area contributed by atoms with E-state index in [1.165, 1.54) is 64.9 Å². The molecule has 0 N–H and O–H groups in total. The first-order valence-corrected chi connectivity index (χ1v) is 23.1. The van der Waals surface area contributed by atoms with Gasteiger partial charge in [0.25, 0.3) is 0 Å². The standard InChI is InChI=1S/C61H41N3S/c1-5-19-42(20-6-1)62(43-21-7-2-8-22-43)47-33-36-51-52-37-34-48(41-60(52)65-59(51)40-47)63(44-23-9-3-10-24-44)46-35-38-58-56(39-46)61(53-29-15-13-27-49(53)50-28-14-16-30-54(50)61)55-31-17-18-32-57(55)64(58)45-25-11-4-12-26-45/h1-41H. The maximum absolute atomic E-state index is 2.48. The molecule has 0 radical (unpaired) electrons. The van der Waals surface area contributed by atoms with Crippen LogP contribution in [0.1, 0.15) is 22.3 Å². The maximum Gasteiger partial charge on any atom is 0.0755 e. The second-order valence-electron chi connectivity index (χ2n) is 16.9. The summed E-state index contributed by atoms with van der Waals surface area (Å²) in [6.45, 7) is 0. The molecule has 1 aromatic heterocycles. The highest BCUT2D eigenvalue weighted by Crippen LogP contribution is 2.64. The van der Waals surface area contributed by atoms with E-state index in [0.29, 0.717) is 0 Å². The van der Waals surface area contributed by atoms with Gasteiger partial charge in [-0.15, -0.1) is 11.3 Å². The van der Waals surface area contributed by atoms with Gasteiger partial charge in [0, 0.05) is 60.0 Å². The van der Waals surface area contributed by atoms with E-state index in [-0.39, 0.29) is 0 Å². The molecule has 1 aliphatic carbocycles. The molecule has 13 rings (SSSR count). The van der Waals surface area contributed by atoms with E-state index in [2.05, 4.69) is 263 Å². The molecule has 306 valence electrons. The van der Waals surface area contributed by atoms with Crippen molar-refractivity contribution in [3.8, 4) is 11.1 Å². The molecule has 3 nitrogen and oxygen atoms in total. The molecule has 0 saturated heterocycles. The number of hydrogen-bond donors (Lipinski definition) is 0. The molecule has 0 atom stereocenters. The molecule has 1 aliphatic heterocycles. The van der Waals surface area contributed by atoms with Gasteiger partial charge in [-0.25, -0.2) is 0 Å². The number of thiophene rings is 1. The Balaban J connectivity index is 1.01. The molecule has 0 bridgehead atoms. The molecule has 0 unspecified atom stereocenters. The molecule has 0 amide bonds. The highest BCUT2D eigenvalue weighted by atomic mass is 32.1. The van der Waals surface area contributed by atoms with Crippen LogP contribution in [-0.2, 0) is 5.41 Å². The van der Waals surface area contributed by atoms with Gasteiger partial charge in [-0.1, -0.05) is 152 Å². The fourth-order valence-corrected chi connectivity index (χ4v) is 11.9. The Morgan fingerprint density at radius 2 is 0.708 bits per heavy atom. The van der Waals surface area contributed by atoms with Crippen LogP contribution in [0.25, 0.3) is 31.3 Å². The first-order chi connectivity index (χ1) is 32.3. The Hall–Kier alpha value is -8.18. The van der Waals surface area contributed by atoms with Crippen LogP contribution in [0.4, 0.5) is 51.2 Å². The number of fused-ring (bicyclic) bond motifs is 12. The second-order valence-corrected chi connectivity index (χ2v) is 18.0. The SMILES string of the molecule is c1ccc(N(c2ccccc2)c2ccc3c(c2)sc2cc(N(c4ccccc4)c4ccc5c(c4)C4(c6ccccc6-c6ccccc64)c4ccccc4N5c4ccccc4)ccc23)cc1. The largest absolute Gasteiger partial charge is 0.310 e. The summed E-state index contributed by atoms with van der Waals surface area (Å²) in [7, 11) is 0. The van der Waals surface area contributed by atoms with Gasteiger partial charge in [0.1, 0.15) is 0 Å². The summed E-state index contributed by atoms with van der Waals surface area (Å²) in [4.78, 5) is 7.24. The lowest BCUT2D eigenvalue weighted by Crippen LogP contribution is -2.36. The van der Waals surface area contributed by atoms with Gasteiger partial charge in [-0.05, 0) is 130 Å². The van der Waals surface area contributed by atoms with Crippen molar-refractivity contribution in [3.63, 3.8) is 0 Å². The van der Waals surface area contributed by atoms with Crippen molar-refractivity contribution >= 4 is 82.7 Å². The summed E-state index contributed by atoms with van der Waals surface area (Å²) in [5.41, 5.74) is 17.4. The zero-order chi connectivity index (χ0) is 42.9. The van der Waals surface area contributed by atoms with Crippen molar-refractivity contribution in [2.45, 2.75) is 5.41 Å². The van der Waals surface area contributed by atoms with Crippen molar-refractivity contribution in [3.05, 3.63) is 271 Å². The summed E-state index contributed by atoms with van der Waals surface area (Å²) in [6.07, 6.45) is 0. The zero-order valence-electron chi connectivity index (χ0n) is 35.4. The highest BCUT2D eigenvalue weighted by Gasteiger charge is 2.51. The Morgan fingerprint density at radius 1 is 0.308 bits per heavy atom. The highest BCUT2D eigenvalue weighted by molar-refractivity contribution is 7.25. The topological polar surface area (TPSA) is 9.72 Å². The van der Waals surface area contributed by atoms with Crippen LogP contribution in [0.3, 0.4) is 0 Å². The molecule has 2 aliphatic rings. The summed E-state index contributed by atoms with van der Waals surface area (Å²) in [6, 6.07) is 91.2. The molecular weight excluding hydrogens is 807 g/mol. The molecule has 0 saturated carbocycles. The first-order valence-electron chi connectivity index (χ1n) is 22.3. The van der Waals surface area contributed by atoms with Gasteiger partial charge >= 0.3 is 0 Å². The molecule has 10 aromatic carbocycles. The third-order valence-electron chi connectivity index (χ3n) is 13.4. The van der Waals surface area contributed by atoms with Crippen LogP contribution in [0.5, 0.6) is 0 Å². The van der Waals surface area contributed by atoms with E-state index in [1.807, 2.05) is 11.3 Å². The molecule has 0 fully saturated rings. The summed E-state index contributed by atoms with van der Waals surface area (Å²) in [5.74, 6) is 0. The zero-order valence-corrected chi connectivity index (χ0v) is 36.2. The van der Waals surface area contributed by atoms with E-state index in [1.54, 1.807) is 0 Å². The Labute approximate surface area is 383 Å². The lowest BCUT2D eigenvalue weighted by atomic mass is 9.64. The summed E-state index contributed by atoms with van der Waals surface area (Å²) >= 11 is 1.86. The van der Waals surface area contributed by atoms with E-state index >= 15 is 0 Å². The van der Waals surface area contributed by atoms with E-state index in [0.717, 1.165) is 39.8 Å². The predicted molar refractivity (Wildman–Crippen MR) is 274 cm³/mol. The molecule has 1 spiro atoms. The third-order valence-corrected chi connectivity index (χ3v) is 14.5. The lowest BCUT2D eigenvalue weighted by Gasteiger charge is -2.45. The lowest BCUT2D eigenvalue weighted by molar-refractivity contribution is 0.752. The van der Waals surface area contributed by atoms with E-state index < -0.39 is 5.41 Å². The number of benzene rings is 10. The van der Waals surface area contributed by atoms with Gasteiger partial charge in [0.2, 0.25) is 0 Å². The number of para-hydroxylation sites is 5. The van der Waals surface area contributed by atoms with E-state index in [4.69, 9.17) is 0 Å². The fraction of sp³-hybridized carbons (Fsp3) is 0.0164. The van der Waals surface area contributed by atoms with Crippen molar-refractivity contribution < 1.29 is 0 Å². The second kappa shape index (κ2) is 15.0. The monoisotopic (exact) mass is 847 g/mol. The minimum absolute atomic E-state index is 0.552. The average Bonchev–Trinajstić information content (AvgIpc) is 3.89. The molecule has 4 heteroatoms. The molecular formula is C61H41N3S. The van der Waals surface area contributed by atoms with Crippen molar-refractivity contribution in [2.75, 3.05) is 14.7 Å². The van der Waals surface area contributed by atoms with E-state index in [9.17, 15) is 0 Å². The van der Waals surface area contributed by atoms with Gasteiger partial charge in [0.05, 0.1) is 16.8 Å². The minimum Gasteiger partial charge on any atom is -0.310 e. The smallest absolute Gasteiger partial charge is 0.0755 e. The van der Waals surface area contributed by atoms with Crippen LogP contribution in [0.15, 0.2) is 249 Å². The Morgan fingerprint density at radius 3 is 1.25 bits per heavy atom. The van der Waals surface area contributed by atoms with Crippen molar-refractivity contribution in [1.29, 1.82) is 0 Å².